The topological polar surface area (TPSA) is 73.6 Å². The van der Waals surface area contributed by atoms with Crippen LogP contribution in [0.4, 0.5) is 0 Å². The van der Waals surface area contributed by atoms with Crippen molar-refractivity contribution in [1.82, 2.24) is 9.55 Å². The van der Waals surface area contributed by atoms with Crippen molar-refractivity contribution in [2.24, 2.45) is 0 Å². The zero-order valence-electron chi connectivity index (χ0n) is 16.4. The average molecular weight is 477 g/mol. The van der Waals surface area contributed by atoms with Gasteiger partial charge < -0.3 is 14.6 Å². The molecule has 0 fully saturated rings. The number of thiophene rings is 1. The molecular weight excluding hydrogens is 459 g/mol. The highest BCUT2D eigenvalue weighted by atomic mass is 35.5. The average Bonchev–Trinajstić information content (AvgIpc) is 3.20. The number of methoxy groups -OCH3 is 1. The Morgan fingerprint density at radius 3 is 2.65 bits per heavy atom. The van der Waals surface area contributed by atoms with Crippen molar-refractivity contribution in [1.29, 1.82) is 0 Å². The van der Waals surface area contributed by atoms with Crippen LogP contribution in [0.5, 0.6) is 11.5 Å². The van der Waals surface area contributed by atoms with Gasteiger partial charge in [0.15, 0.2) is 0 Å². The normalized spacial score (nSPS) is 12.1. The number of aliphatic hydroxyl groups excluding tert-OH is 1. The van der Waals surface area contributed by atoms with Crippen molar-refractivity contribution in [2.45, 2.75) is 12.6 Å². The molecule has 0 aliphatic heterocycles. The van der Waals surface area contributed by atoms with Crippen molar-refractivity contribution < 1.29 is 14.6 Å². The lowest BCUT2D eigenvalue weighted by atomic mass is 10.2. The van der Waals surface area contributed by atoms with Gasteiger partial charge in [-0.1, -0.05) is 23.2 Å². The first-order valence-electron chi connectivity index (χ1n) is 9.34. The molecule has 4 aromatic rings. The first kappa shape index (κ1) is 21.6. The fraction of sp³-hybridized carbons (Fsp3) is 0.182. The van der Waals surface area contributed by atoms with Gasteiger partial charge in [-0.05, 0) is 54.1 Å². The Labute approximate surface area is 192 Å². The van der Waals surface area contributed by atoms with Gasteiger partial charge in [-0.25, -0.2) is 4.98 Å². The molecule has 2 heterocycles. The van der Waals surface area contributed by atoms with E-state index in [2.05, 4.69) is 4.98 Å². The summed E-state index contributed by atoms with van der Waals surface area (Å²) in [6, 6.07) is 14.3. The number of nitrogens with zero attached hydrogens (tertiary/aromatic N) is 2. The maximum atomic E-state index is 12.9. The van der Waals surface area contributed by atoms with Crippen LogP contribution < -0.4 is 15.0 Å². The Hall–Kier alpha value is -2.58. The molecule has 2 aromatic heterocycles. The maximum Gasteiger partial charge on any atom is 0.271 e. The number of aromatic nitrogens is 2. The van der Waals surface area contributed by atoms with Gasteiger partial charge in [0.25, 0.3) is 5.56 Å². The zero-order chi connectivity index (χ0) is 22.0. The lowest BCUT2D eigenvalue weighted by molar-refractivity contribution is 0.0915. The SMILES string of the molecule is COc1ccc(-c2cc3ncn(CC(O)COc4ccc(Cl)cc4Cl)c(=O)c3s2)cc1. The van der Waals surface area contributed by atoms with Crippen molar-refractivity contribution >= 4 is 44.8 Å². The van der Waals surface area contributed by atoms with Crippen LogP contribution in [0, 0.1) is 0 Å². The number of aliphatic hydroxyl groups is 1. The molecule has 1 atom stereocenters. The Morgan fingerprint density at radius 1 is 1.16 bits per heavy atom. The van der Waals surface area contributed by atoms with E-state index in [1.807, 2.05) is 30.3 Å². The number of hydrogen-bond donors (Lipinski definition) is 1. The highest BCUT2D eigenvalue weighted by molar-refractivity contribution is 7.22. The third-order valence-corrected chi connectivity index (χ3v) is 6.30. The van der Waals surface area contributed by atoms with E-state index >= 15 is 0 Å². The quantitative estimate of drug-likeness (QED) is 0.411. The van der Waals surface area contributed by atoms with E-state index < -0.39 is 6.10 Å². The molecule has 0 saturated carbocycles. The summed E-state index contributed by atoms with van der Waals surface area (Å²) >= 11 is 13.3. The maximum absolute atomic E-state index is 12.9. The standard InChI is InChI=1S/C22H18Cl2N2O4S/c1-29-16-5-2-13(3-6-16)20-9-18-21(31-20)22(28)26(12-25-18)10-15(27)11-30-19-7-4-14(23)8-17(19)24/h2-9,12,15,27H,10-11H2,1H3. The molecule has 0 bridgehead atoms. The summed E-state index contributed by atoms with van der Waals surface area (Å²) in [6.07, 6.45) is 0.512. The minimum absolute atomic E-state index is 0.0344. The van der Waals surface area contributed by atoms with Gasteiger partial charge in [0.05, 0.1) is 30.5 Å². The highest BCUT2D eigenvalue weighted by Gasteiger charge is 2.14. The van der Waals surface area contributed by atoms with E-state index in [1.54, 1.807) is 25.3 Å². The highest BCUT2D eigenvalue weighted by Crippen LogP contribution is 2.32. The lowest BCUT2D eigenvalue weighted by Crippen LogP contribution is -2.30. The van der Waals surface area contributed by atoms with Gasteiger partial charge in [0, 0.05) is 9.90 Å². The van der Waals surface area contributed by atoms with Crippen molar-refractivity contribution in [3.63, 3.8) is 0 Å². The second-order valence-electron chi connectivity index (χ2n) is 6.80. The molecule has 0 saturated heterocycles. The minimum Gasteiger partial charge on any atom is -0.497 e. The second kappa shape index (κ2) is 9.28. The molecule has 6 nitrogen and oxygen atoms in total. The Bertz CT molecular complexity index is 1270. The summed E-state index contributed by atoms with van der Waals surface area (Å²) in [5.74, 6) is 1.18. The fourth-order valence-electron chi connectivity index (χ4n) is 3.03. The smallest absolute Gasteiger partial charge is 0.271 e. The molecule has 0 spiro atoms. The summed E-state index contributed by atoms with van der Waals surface area (Å²) in [5.41, 5.74) is 1.39. The number of hydrogen-bond acceptors (Lipinski definition) is 6. The third kappa shape index (κ3) is 4.85. The zero-order valence-corrected chi connectivity index (χ0v) is 18.7. The molecule has 1 unspecified atom stereocenters. The van der Waals surface area contributed by atoms with E-state index in [0.717, 1.165) is 16.2 Å². The van der Waals surface area contributed by atoms with Crippen LogP contribution in [0.1, 0.15) is 0 Å². The first-order valence-corrected chi connectivity index (χ1v) is 10.9. The second-order valence-corrected chi connectivity index (χ2v) is 8.69. The molecule has 9 heteroatoms. The molecule has 4 rings (SSSR count). The van der Waals surface area contributed by atoms with Gasteiger partial charge >= 0.3 is 0 Å². The van der Waals surface area contributed by atoms with Crippen LogP contribution in [-0.2, 0) is 6.54 Å². The number of ether oxygens (including phenoxy) is 2. The molecular formula is C22H18Cl2N2O4S. The number of fused-ring (bicyclic) bond motifs is 1. The minimum atomic E-state index is -0.926. The predicted octanol–water partition coefficient (Wildman–Crippen LogP) is 4.88. The van der Waals surface area contributed by atoms with Gasteiger partial charge in [-0.15, -0.1) is 11.3 Å². The van der Waals surface area contributed by atoms with Crippen LogP contribution in [0.3, 0.4) is 0 Å². The number of benzene rings is 2. The Kier molecular flexibility index (Phi) is 6.48. The third-order valence-electron chi connectivity index (χ3n) is 4.61. The van der Waals surface area contributed by atoms with Gasteiger partial charge in [0.2, 0.25) is 0 Å². The van der Waals surface area contributed by atoms with E-state index in [4.69, 9.17) is 32.7 Å². The summed E-state index contributed by atoms with van der Waals surface area (Å²) < 4.78 is 12.6. The molecule has 31 heavy (non-hydrogen) atoms. The van der Waals surface area contributed by atoms with Crippen LogP contribution in [0.25, 0.3) is 20.7 Å². The first-order chi connectivity index (χ1) is 14.9. The summed E-state index contributed by atoms with van der Waals surface area (Å²) in [7, 11) is 1.62. The molecule has 0 amide bonds. The van der Waals surface area contributed by atoms with Crippen molar-refractivity contribution in [3.8, 4) is 21.9 Å². The van der Waals surface area contributed by atoms with Gasteiger partial charge in [-0.2, -0.15) is 0 Å². The molecule has 0 radical (unpaired) electrons. The Morgan fingerprint density at radius 2 is 1.94 bits per heavy atom. The number of halogens is 2. The monoisotopic (exact) mass is 476 g/mol. The summed E-state index contributed by atoms with van der Waals surface area (Å²) in [4.78, 5) is 18.2. The van der Waals surface area contributed by atoms with Crippen LogP contribution in [0.2, 0.25) is 10.0 Å². The lowest BCUT2D eigenvalue weighted by Gasteiger charge is -2.14. The molecule has 0 aliphatic carbocycles. The summed E-state index contributed by atoms with van der Waals surface area (Å²) in [6.45, 7) is 0.0100. The van der Waals surface area contributed by atoms with Crippen molar-refractivity contribution in [3.05, 3.63) is 75.3 Å². The molecule has 0 aliphatic rings. The fourth-order valence-corrected chi connectivity index (χ4v) is 4.56. The molecule has 1 N–H and O–H groups in total. The van der Waals surface area contributed by atoms with Gasteiger partial charge in [0.1, 0.15) is 28.9 Å². The largest absolute Gasteiger partial charge is 0.497 e. The van der Waals surface area contributed by atoms with Crippen LogP contribution >= 0.6 is 34.5 Å². The van der Waals surface area contributed by atoms with Crippen molar-refractivity contribution in [2.75, 3.05) is 13.7 Å². The summed E-state index contributed by atoms with van der Waals surface area (Å²) in [5, 5.41) is 11.2. The van der Waals surface area contributed by atoms with Gasteiger partial charge in [-0.3, -0.25) is 9.36 Å². The van der Waals surface area contributed by atoms with E-state index in [9.17, 15) is 9.90 Å². The van der Waals surface area contributed by atoms with E-state index in [1.165, 1.54) is 22.2 Å². The number of rotatable bonds is 7. The van der Waals surface area contributed by atoms with Crippen LogP contribution in [0.15, 0.2) is 59.7 Å². The van der Waals surface area contributed by atoms with Crippen LogP contribution in [-0.4, -0.2) is 34.5 Å². The predicted molar refractivity (Wildman–Crippen MR) is 124 cm³/mol. The van der Waals surface area contributed by atoms with E-state index in [0.29, 0.717) is 26.0 Å². The Balaban J connectivity index is 1.50. The van der Waals surface area contributed by atoms with E-state index in [-0.39, 0.29) is 18.7 Å². The molecule has 160 valence electrons. The molecule has 2 aromatic carbocycles.